The lowest BCUT2D eigenvalue weighted by Gasteiger charge is -2.19. The van der Waals surface area contributed by atoms with Crippen LogP contribution in [-0.2, 0) is 0 Å². The Labute approximate surface area is 62.0 Å². The van der Waals surface area contributed by atoms with E-state index in [1.165, 1.54) is 5.57 Å². The Bertz CT molecular complexity index is 180. The minimum Gasteiger partial charge on any atom is -0.367 e. The van der Waals surface area contributed by atoms with Gasteiger partial charge in [0.1, 0.15) is 5.84 Å². The summed E-state index contributed by atoms with van der Waals surface area (Å²) in [5.41, 5.74) is 1.30. The third-order valence-electron chi connectivity index (χ3n) is 1.83. The number of rotatable bonds is 1. The molecular weight excluding hydrogens is 124 g/mol. The number of hydrogen-bond acceptors (Lipinski definition) is 2. The molecule has 1 heterocycles. The maximum Gasteiger partial charge on any atom is 0.102 e. The largest absolute Gasteiger partial charge is 0.367 e. The van der Waals surface area contributed by atoms with Gasteiger partial charge in [0.2, 0.25) is 0 Å². The van der Waals surface area contributed by atoms with Crippen molar-refractivity contribution >= 4 is 5.84 Å². The van der Waals surface area contributed by atoms with E-state index in [1.807, 2.05) is 6.20 Å². The molecule has 1 aliphatic rings. The van der Waals surface area contributed by atoms with Crippen LogP contribution in [0.2, 0.25) is 0 Å². The molecule has 0 aromatic carbocycles. The molecule has 0 saturated heterocycles. The van der Waals surface area contributed by atoms with Gasteiger partial charge in [-0.1, -0.05) is 6.92 Å². The van der Waals surface area contributed by atoms with Crippen LogP contribution in [0.4, 0.5) is 0 Å². The summed E-state index contributed by atoms with van der Waals surface area (Å²) in [4.78, 5) is 4.22. The maximum atomic E-state index is 4.22. The van der Waals surface area contributed by atoms with Crippen molar-refractivity contribution < 1.29 is 0 Å². The van der Waals surface area contributed by atoms with Crippen molar-refractivity contribution in [2.45, 2.75) is 33.2 Å². The summed E-state index contributed by atoms with van der Waals surface area (Å²) in [7, 11) is 0. The van der Waals surface area contributed by atoms with Gasteiger partial charge in [-0.3, -0.25) is 0 Å². The van der Waals surface area contributed by atoms with Gasteiger partial charge in [-0.25, -0.2) is 4.99 Å². The Balaban J connectivity index is 2.68. The summed E-state index contributed by atoms with van der Waals surface area (Å²) in [6, 6.07) is 0.465. The molecule has 1 atom stereocenters. The highest BCUT2D eigenvalue weighted by molar-refractivity contribution is 5.83. The molecule has 0 aliphatic carbocycles. The normalized spacial score (nSPS) is 24.9. The second-order valence-corrected chi connectivity index (χ2v) is 2.67. The smallest absolute Gasteiger partial charge is 0.102 e. The van der Waals surface area contributed by atoms with E-state index < -0.39 is 0 Å². The summed E-state index contributed by atoms with van der Waals surface area (Å²) in [5, 5.41) is 3.30. The van der Waals surface area contributed by atoms with Crippen LogP contribution in [0.5, 0.6) is 0 Å². The summed E-state index contributed by atoms with van der Waals surface area (Å²) >= 11 is 0. The van der Waals surface area contributed by atoms with E-state index in [2.05, 4.69) is 31.1 Å². The molecule has 0 aromatic rings. The first-order chi connectivity index (χ1) is 4.74. The summed E-state index contributed by atoms with van der Waals surface area (Å²) in [6.07, 6.45) is 2.94. The number of amidine groups is 1. The molecule has 0 aromatic heterocycles. The van der Waals surface area contributed by atoms with Gasteiger partial charge in [0.25, 0.3) is 0 Å². The van der Waals surface area contributed by atoms with Crippen LogP contribution in [0.1, 0.15) is 27.2 Å². The Morgan fingerprint density at radius 2 is 2.40 bits per heavy atom. The lowest BCUT2D eigenvalue weighted by molar-refractivity contribution is 0.730. The molecule has 0 spiro atoms. The lowest BCUT2D eigenvalue weighted by atomic mass is 10.1. The Kier molecular flexibility index (Phi) is 2.10. The van der Waals surface area contributed by atoms with E-state index in [9.17, 15) is 0 Å². The fourth-order valence-electron chi connectivity index (χ4n) is 0.886. The minimum atomic E-state index is 0.465. The molecule has 56 valence electrons. The molecule has 10 heavy (non-hydrogen) atoms. The summed E-state index contributed by atoms with van der Waals surface area (Å²) < 4.78 is 0. The topological polar surface area (TPSA) is 24.4 Å². The first-order valence-corrected chi connectivity index (χ1v) is 3.74. The van der Waals surface area contributed by atoms with E-state index >= 15 is 0 Å². The third-order valence-corrected chi connectivity index (χ3v) is 1.83. The van der Waals surface area contributed by atoms with Crippen molar-refractivity contribution in [2.75, 3.05) is 0 Å². The maximum absolute atomic E-state index is 4.22. The average Bonchev–Trinajstić information content (AvgIpc) is 1.95. The highest BCUT2D eigenvalue weighted by Crippen LogP contribution is 2.06. The van der Waals surface area contributed by atoms with Crippen LogP contribution < -0.4 is 5.32 Å². The monoisotopic (exact) mass is 138 g/mol. The minimum absolute atomic E-state index is 0.465. The van der Waals surface area contributed by atoms with Crippen molar-refractivity contribution in [1.82, 2.24) is 5.32 Å². The van der Waals surface area contributed by atoms with Crippen LogP contribution in [0.25, 0.3) is 0 Å². The van der Waals surface area contributed by atoms with Crippen LogP contribution >= 0.6 is 0 Å². The van der Waals surface area contributed by atoms with Crippen molar-refractivity contribution in [3.8, 4) is 0 Å². The first kappa shape index (κ1) is 7.32. The van der Waals surface area contributed by atoms with Crippen LogP contribution in [0.3, 0.4) is 0 Å². The number of nitrogens with zero attached hydrogens (tertiary/aromatic N) is 1. The fourth-order valence-corrected chi connectivity index (χ4v) is 0.886. The fraction of sp³-hybridized carbons (Fsp3) is 0.625. The molecule has 0 radical (unpaired) electrons. The summed E-state index contributed by atoms with van der Waals surface area (Å²) in [5.74, 6) is 1.10. The number of hydrogen-bond donors (Lipinski definition) is 1. The van der Waals surface area contributed by atoms with Gasteiger partial charge in [0.15, 0.2) is 0 Å². The van der Waals surface area contributed by atoms with E-state index in [0.717, 1.165) is 12.3 Å². The van der Waals surface area contributed by atoms with Crippen LogP contribution in [0, 0.1) is 0 Å². The molecule has 0 bridgehead atoms. The van der Waals surface area contributed by atoms with Gasteiger partial charge in [0.05, 0.1) is 0 Å². The van der Waals surface area contributed by atoms with Gasteiger partial charge in [-0.05, 0) is 19.4 Å². The van der Waals surface area contributed by atoms with Gasteiger partial charge >= 0.3 is 0 Å². The van der Waals surface area contributed by atoms with Crippen molar-refractivity contribution in [3.63, 3.8) is 0 Å². The number of nitrogens with one attached hydrogen (secondary N) is 1. The van der Waals surface area contributed by atoms with E-state index in [4.69, 9.17) is 0 Å². The molecule has 0 fully saturated rings. The Hall–Kier alpha value is -0.790. The predicted octanol–water partition coefficient (Wildman–Crippen LogP) is 1.69. The molecule has 1 N–H and O–H groups in total. The quantitative estimate of drug-likeness (QED) is 0.586. The van der Waals surface area contributed by atoms with Gasteiger partial charge in [-0.2, -0.15) is 0 Å². The molecule has 2 nitrogen and oxygen atoms in total. The zero-order valence-electron chi connectivity index (χ0n) is 6.81. The summed E-state index contributed by atoms with van der Waals surface area (Å²) in [6.45, 7) is 6.34. The third kappa shape index (κ3) is 1.38. The predicted molar refractivity (Wildman–Crippen MR) is 44.1 cm³/mol. The highest BCUT2D eigenvalue weighted by atomic mass is 15.0. The molecule has 1 aliphatic heterocycles. The highest BCUT2D eigenvalue weighted by Gasteiger charge is 2.08. The van der Waals surface area contributed by atoms with Gasteiger partial charge < -0.3 is 5.32 Å². The van der Waals surface area contributed by atoms with Crippen LogP contribution in [0.15, 0.2) is 16.8 Å². The van der Waals surface area contributed by atoms with Gasteiger partial charge in [0, 0.05) is 18.7 Å². The molecule has 2 heteroatoms. The molecular formula is C8H14N2. The standard InChI is InChI=1S/C8H14N2/c1-4-8-9-5-6(2)7(3)10-8/h5,7H,4H2,1-3H3,(H,9,10). The second-order valence-electron chi connectivity index (χ2n) is 2.67. The molecule has 0 amide bonds. The van der Waals surface area contributed by atoms with E-state index in [1.54, 1.807) is 0 Å². The van der Waals surface area contributed by atoms with Gasteiger partial charge in [-0.15, -0.1) is 0 Å². The van der Waals surface area contributed by atoms with Crippen molar-refractivity contribution in [1.29, 1.82) is 0 Å². The second kappa shape index (κ2) is 2.86. The van der Waals surface area contributed by atoms with E-state index in [-0.39, 0.29) is 0 Å². The lowest BCUT2D eigenvalue weighted by Crippen LogP contribution is -2.35. The van der Waals surface area contributed by atoms with Crippen molar-refractivity contribution in [2.24, 2.45) is 4.99 Å². The molecule has 1 unspecified atom stereocenters. The first-order valence-electron chi connectivity index (χ1n) is 3.74. The average molecular weight is 138 g/mol. The van der Waals surface area contributed by atoms with Crippen LogP contribution in [-0.4, -0.2) is 11.9 Å². The number of aliphatic imine (C=N–C) groups is 1. The Morgan fingerprint density at radius 1 is 1.70 bits per heavy atom. The van der Waals surface area contributed by atoms with Crippen molar-refractivity contribution in [3.05, 3.63) is 11.8 Å². The zero-order valence-corrected chi connectivity index (χ0v) is 6.81. The molecule has 1 rings (SSSR count). The molecule has 0 saturated carbocycles. The Morgan fingerprint density at radius 3 is 2.90 bits per heavy atom. The zero-order chi connectivity index (χ0) is 7.56. The SMILES string of the molecule is CCC1=NC=C(C)C(C)N1. The van der Waals surface area contributed by atoms with E-state index in [0.29, 0.717) is 6.04 Å².